The van der Waals surface area contributed by atoms with Crippen molar-refractivity contribution in [3.8, 4) is 17.2 Å². The topological polar surface area (TPSA) is 89.1 Å². The second-order valence-corrected chi connectivity index (χ2v) is 7.09. The van der Waals surface area contributed by atoms with Crippen molar-refractivity contribution in [3.63, 3.8) is 0 Å². The van der Waals surface area contributed by atoms with E-state index < -0.39 is 6.04 Å². The van der Waals surface area contributed by atoms with Crippen LogP contribution in [0.5, 0.6) is 17.2 Å². The van der Waals surface area contributed by atoms with E-state index in [9.17, 15) is 9.59 Å². The quantitative estimate of drug-likeness (QED) is 0.519. The van der Waals surface area contributed by atoms with Gasteiger partial charge in [0.2, 0.25) is 11.8 Å². The van der Waals surface area contributed by atoms with Crippen molar-refractivity contribution in [2.75, 3.05) is 44.0 Å². The van der Waals surface area contributed by atoms with E-state index in [1.54, 1.807) is 49.2 Å². The first-order valence-electron chi connectivity index (χ1n) is 10.8. The van der Waals surface area contributed by atoms with Gasteiger partial charge in [-0.25, -0.2) is 0 Å². The third kappa shape index (κ3) is 7.16. The Morgan fingerprint density at radius 3 is 2.19 bits per heavy atom. The van der Waals surface area contributed by atoms with E-state index in [1.807, 2.05) is 32.9 Å². The zero-order valence-electron chi connectivity index (χ0n) is 19.4. The molecule has 0 aliphatic heterocycles. The summed E-state index contributed by atoms with van der Waals surface area (Å²) in [5, 5.41) is 5.71. The molecule has 32 heavy (non-hydrogen) atoms. The second-order valence-electron chi connectivity index (χ2n) is 7.09. The first-order chi connectivity index (χ1) is 15.4. The number of nitrogens with one attached hydrogen (secondary N) is 2. The van der Waals surface area contributed by atoms with Crippen LogP contribution < -0.4 is 24.8 Å². The Kier molecular flexibility index (Phi) is 9.81. The summed E-state index contributed by atoms with van der Waals surface area (Å²) in [6.45, 7) is 8.96. The molecule has 2 aromatic carbocycles. The maximum Gasteiger partial charge on any atom is 0.241 e. The van der Waals surface area contributed by atoms with E-state index in [-0.39, 0.29) is 18.4 Å². The molecule has 1 unspecified atom stereocenters. The van der Waals surface area contributed by atoms with Crippen LogP contribution in [0.25, 0.3) is 0 Å². The minimum atomic E-state index is -0.533. The summed E-state index contributed by atoms with van der Waals surface area (Å²) in [6.07, 6.45) is 0. The summed E-state index contributed by atoms with van der Waals surface area (Å²) < 4.78 is 16.7. The van der Waals surface area contributed by atoms with E-state index in [1.165, 1.54) is 0 Å². The minimum Gasteiger partial charge on any atom is -0.492 e. The molecule has 174 valence electrons. The van der Waals surface area contributed by atoms with Crippen LogP contribution in [0.4, 0.5) is 11.4 Å². The molecule has 2 rings (SSSR count). The molecule has 8 heteroatoms. The molecule has 0 aliphatic carbocycles. The highest BCUT2D eigenvalue weighted by Crippen LogP contribution is 2.30. The van der Waals surface area contributed by atoms with Gasteiger partial charge in [-0.15, -0.1) is 0 Å². The van der Waals surface area contributed by atoms with Gasteiger partial charge in [0, 0.05) is 11.8 Å². The van der Waals surface area contributed by atoms with Gasteiger partial charge in [-0.05, 0) is 59.0 Å². The fraction of sp³-hybridized carbons (Fsp3) is 0.417. The number of carbonyl (C=O) groups is 2. The Balaban J connectivity index is 1.96. The number of nitrogens with zero attached hydrogens (tertiary/aromatic N) is 1. The zero-order valence-corrected chi connectivity index (χ0v) is 19.4. The normalized spacial score (nSPS) is 11.6. The molecule has 0 fully saturated rings. The smallest absolute Gasteiger partial charge is 0.241 e. The van der Waals surface area contributed by atoms with Gasteiger partial charge in [0.15, 0.2) is 11.5 Å². The number of rotatable bonds is 12. The van der Waals surface area contributed by atoms with Crippen LogP contribution >= 0.6 is 0 Å². The number of benzene rings is 2. The van der Waals surface area contributed by atoms with Crippen LogP contribution in [-0.2, 0) is 9.59 Å². The Bertz CT molecular complexity index is 903. The fourth-order valence-corrected chi connectivity index (χ4v) is 2.98. The highest BCUT2D eigenvalue weighted by atomic mass is 16.5. The summed E-state index contributed by atoms with van der Waals surface area (Å²) in [6, 6.07) is 12.0. The van der Waals surface area contributed by atoms with Gasteiger partial charge < -0.3 is 24.8 Å². The van der Waals surface area contributed by atoms with Crippen molar-refractivity contribution in [2.24, 2.45) is 0 Å². The Morgan fingerprint density at radius 2 is 1.50 bits per heavy atom. The molecule has 2 N–H and O–H groups in total. The Hall–Kier alpha value is -3.26. The van der Waals surface area contributed by atoms with Gasteiger partial charge in [-0.2, -0.15) is 0 Å². The lowest BCUT2D eigenvalue weighted by Gasteiger charge is -2.24. The van der Waals surface area contributed by atoms with Crippen molar-refractivity contribution in [1.82, 2.24) is 4.90 Å². The number of amides is 2. The molecular formula is C24H33N3O5. The van der Waals surface area contributed by atoms with Gasteiger partial charge in [0.1, 0.15) is 5.75 Å². The third-order valence-electron chi connectivity index (χ3n) is 4.71. The Labute approximate surface area is 189 Å². The molecule has 1 atom stereocenters. The largest absolute Gasteiger partial charge is 0.492 e. The number of para-hydroxylation sites is 2. The molecule has 8 nitrogen and oxygen atoms in total. The lowest BCUT2D eigenvalue weighted by atomic mass is 10.2. The minimum absolute atomic E-state index is 0.0405. The van der Waals surface area contributed by atoms with Crippen LogP contribution in [0.2, 0.25) is 0 Å². The number of carbonyl (C=O) groups excluding carboxylic acids is 2. The van der Waals surface area contributed by atoms with Crippen LogP contribution in [0.15, 0.2) is 42.5 Å². The SMILES string of the molecule is CCOc1ccccc1NC(=O)C(C)N(C)CC(=O)Nc1ccc(OCC)c(OCC)c1. The number of likely N-dealkylation sites (N-methyl/N-ethyl adjacent to an activating group) is 1. The van der Waals surface area contributed by atoms with Crippen LogP contribution in [0.3, 0.4) is 0 Å². The molecule has 0 saturated carbocycles. The molecule has 2 amide bonds. The highest BCUT2D eigenvalue weighted by Gasteiger charge is 2.21. The average molecular weight is 444 g/mol. The molecule has 0 bridgehead atoms. The zero-order chi connectivity index (χ0) is 23.5. The molecule has 0 aliphatic rings. The van der Waals surface area contributed by atoms with Crippen LogP contribution in [0.1, 0.15) is 27.7 Å². The van der Waals surface area contributed by atoms with Crippen molar-refractivity contribution in [2.45, 2.75) is 33.7 Å². The van der Waals surface area contributed by atoms with Crippen molar-refractivity contribution < 1.29 is 23.8 Å². The van der Waals surface area contributed by atoms with Gasteiger partial charge in [0.05, 0.1) is 38.1 Å². The van der Waals surface area contributed by atoms with Crippen molar-refractivity contribution >= 4 is 23.2 Å². The summed E-state index contributed by atoms with van der Waals surface area (Å²) in [5.41, 5.74) is 1.19. The van der Waals surface area contributed by atoms with Gasteiger partial charge in [-0.1, -0.05) is 12.1 Å². The monoisotopic (exact) mass is 443 g/mol. The van der Waals surface area contributed by atoms with E-state index in [0.29, 0.717) is 48.4 Å². The van der Waals surface area contributed by atoms with E-state index >= 15 is 0 Å². The van der Waals surface area contributed by atoms with Crippen molar-refractivity contribution in [1.29, 1.82) is 0 Å². The molecule has 0 saturated heterocycles. The van der Waals surface area contributed by atoms with E-state index in [2.05, 4.69) is 10.6 Å². The predicted octanol–water partition coefficient (Wildman–Crippen LogP) is 3.78. The van der Waals surface area contributed by atoms with Crippen molar-refractivity contribution in [3.05, 3.63) is 42.5 Å². The average Bonchev–Trinajstić information content (AvgIpc) is 2.76. The summed E-state index contributed by atoms with van der Waals surface area (Å²) in [7, 11) is 1.72. The fourth-order valence-electron chi connectivity index (χ4n) is 2.98. The second kappa shape index (κ2) is 12.6. The number of ether oxygens (including phenoxy) is 3. The Morgan fingerprint density at radius 1 is 0.875 bits per heavy atom. The summed E-state index contributed by atoms with van der Waals surface area (Å²) >= 11 is 0. The maximum absolute atomic E-state index is 12.7. The molecule has 0 spiro atoms. The molecule has 0 heterocycles. The maximum atomic E-state index is 12.7. The first kappa shape index (κ1) is 25.0. The lowest BCUT2D eigenvalue weighted by molar-refractivity contribution is -0.122. The van der Waals surface area contributed by atoms with Gasteiger partial charge >= 0.3 is 0 Å². The number of hydrogen-bond donors (Lipinski definition) is 2. The summed E-state index contributed by atoms with van der Waals surface area (Å²) in [4.78, 5) is 26.9. The van der Waals surface area contributed by atoms with E-state index in [0.717, 1.165) is 0 Å². The standard InChI is InChI=1S/C24H33N3O5/c1-6-30-20-12-10-9-11-19(20)26-24(29)17(4)27(5)16-23(28)25-18-13-14-21(31-7-2)22(15-18)32-8-3/h9-15,17H,6-8,16H2,1-5H3,(H,25,28)(H,26,29). The van der Waals surface area contributed by atoms with Crippen LogP contribution in [-0.4, -0.2) is 56.2 Å². The molecular weight excluding hydrogens is 410 g/mol. The summed E-state index contributed by atoms with van der Waals surface area (Å²) in [5.74, 6) is 1.33. The lowest BCUT2D eigenvalue weighted by Crippen LogP contribution is -2.43. The van der Waals surface area contributed by atoms with Crippen LogP contribution in [0, 0.1) is 0 Å². The third-order valence-corrected chi connectivity index (χ3v) is 4.71. The predicted molar refractivity (Wildman–Crippen MR) is 126 cm³/mol. The number of anilines is 2. The number of hydrogen-bond acceptors (Lipinski definition) is 6. The molecule has 0 radical (unpaired) electrons. The highest BCUT2D eigenvalue weighted by molar-refractivity contribution is 5.97. The molecule has 2 aromatic rings. The van der Waals surface area contributed by atoms with Gasteiger partial charge in [-0.3, -0.25) is 14.5 Å². The van der Waals surface area contributed by atoms with Gasteiger partial charge in [0.25, 0.3) is 0 Å². The molecule has 0 aromatic heterocycles. The van der Waals surface area contributed by atoms with E-state index in [4.69, 9.17) is 14.2 Å². The first-order valence-corrected chi connectivity index (χ1v) is 10.8.